The van der Waals surface area contributed by atoms with Crippen molar-refractivity contribution in [2.45, 2.75) is 45.6 Å². The van der Waals surface area contributed by atoms with Crippen LogP contribution in [-0.2, 0) is 11.3 Å². The lowest BCUT2D eigenvalue weighted by Gasteiger charge is -2.35. The van der Waals surface area contributed by atoms with Gasteiger partial charge >= 0.3 is 0 Å². The maximum absolute atomic E-state index is 12.6. The van der Waals surface area contributed by atoms with Crippen molar-refractivity contribution in [2.24, 2.45) is 5.92 Å². The van der Waals surface area contributed by atoms with E-state index in [1.54, 1.807) is 0 Å². The maximum atomic E-state index is 12.6. The SMILES string of the molecule is Cc1cc(CN2CCCC(C(=O)N3CCCCC3)C2)on1. The molecule has 3 rings (SSSR count). The topological polar surface area (TPSA) is 49.6 Å². The summed E-state index contributed by atoms with van der Waals surface area (Å²) < 4.78 is 5.29. The summed E-state index contributed by atoms with van der Waals surface area (Å²) in [5, 5.41) is 3.93. The van der Waals surface area contributed by atoms with Gasteiger partial charge in [-0.15, -0.1) is 0 Å². The fourth-order valence-electron chi connectivity index (χ4n) is 3.48. The first kappa shape index (κ1) is 14.6. The molecule has 2 aliphatic heterocycles. The Labute approximate surface area is 126 Å². The van der Waals surface area contributed by atoms with E-state index < -0.39 is 0 Å². The molecule has 1 unspecified atom stereocenters. The quantitative estimate of drug-likeness (QED) is 0.856. The molecule has 1 atom stereocenters. The molecule has 0 aromatic carbocycles. The van der Waals surface area contributed by atoms with Crippen molar-refractivity contribution in [1.29, 1.82) is 0 Å². The summed E-state index contributed by atoms with van der Waals surface area (Å²) in [6.07, 6.45) is 5.73. The minimum Gasteiger partial charge on any atom is -0.360 e. The number of amides is 1. The average Bonchev–Trinajstić information content (AvgIpc) is 2.93. The van der Waals surface area contributed by atoms with Crippen LogP contribution in [0.2, 0.25) is 0 Å². The van der Waals surface area contributed by atoms with Gasteiger partial charge in [-0.3, -0.25) is 9.69 Å². The number of aromatic nitrogens is 1. The predicted octanol–water partition coefficient (Wildman–Crippen LogP) is 2.21. The Balaban J connectivity index is 1.56. The van der Waals surface area contributed by atoms with Crippen LogP contribution in [0.4, 0.5) is 0 Å². The molecule has 5 nitrogen and oxygen atoms in total. The summed E-state index contributed by atoms with van der Waals surface area (Å²) in [5.41, 5.74) is 0.919. The molecule has 2 aliphatic rings. The number of nitrogens with zero attached hydrogens (tertiary/aromatic N) is 3. The first-order valence-corrected chi connectivity index (χ1v) is 8.16. The van der Waals surface area contributed by atoms with Gasteiger partial charge in [0.25, 0.3) is 0 Å². The summed E-state index contributed by atoms with van der Waals surface area (Å²) in [4.78, 5) is 17.0. The first-order chi connectivity index (χ1) is 10.2. The highest BCUT2D eigenvalue weighted by Crippen LogP contribution is 2.22. The first-order valence-electron chi connectivity index (χ1n) is 8.16. The monoisotopic (exact) mass is 291 g/mol. The van der Waals surface area contributed by atoms with Crippen LogP contribution in [0.3, 0.4) is 0 Å². The molecule has 3 heterocycles. The van der Waals surface area contributed by atoms with Crippen LogP contribution < -0.4 is 0 Å². The summed E-state index contributed by atoms with van der Waals surface area (Å²) >= 11 is 0. The number of hydrogen-bond donors (Lipinski definition) is 0. The van der Waals surface area contributed by atoms with E-state index in [0.717, 1.165) is 57.0 Å². The Morgan fingerprint density at radius 3 is 2.81 bits per heavy atom. The lowest BCUT2D eigenvalue weighted by molar-refractivity contribution is -0.138. The van der Waals surface area contributed by atoms with Crippen LogP contribution >= 0.6 is 0 Å². The standard InChI is InChI=1S/C16H25N3O2/c1-13-10-15(21-17-13)12-18-7-5-6-14(11-18)16(20)19-8-3-2-4-9-19/h10,14H,2-9,11-12H2,1H3. The van der Waals surface area contributed by atoms with E-state index in [1.165, 1.54) is 19.3 Å². The highest BCUT2D eigenvalue weighted by molar-refractivity contribution is 5.79. The lowest BCUT2D eigenvalue weighted by atomic mass is 9.95. The van der Waals surface area contributed by atoms with Crippen molar-refractivity contribution < 1.29 is 9.32 Å². The number of aryl methyl sites for hydroxylation is 1. The summed E-state index contributed by atoms with van der Waals surface area (Å²) in [5.74, 6) is 1.44. The second kappa shape index (κ2) is 6.60. The number of likely N-dealkylation sites (tertiary alicyclic amines) is 2. The number of rotatable bonds is 3. The molecule has 2 saturated heterocycles. The zero-order chi connectivity index (χ0) is 14.7. The third-order valence-corrected chi connectivity index (χ3v) is 4.58. The molecule has 0 saturated carbocycles. The highest BCUT2D eigenvalue weighted by atomic mass is 16.5. The molecule has 0 aliphatic carbocycles. The Morgan fingerprint density at radius 1 is 1.29 bits per heavy atom. The molecule has 0 bridgehead atoms. The highest BCUT2D eigenvalue weighted by Gasteiger charge is 2.30. The second-order valence-electron chi connectivity index (χ2n) is 6.39. The molecule has 5 heteroatoms. The van der Waals surface area contributed by atoms with Crippen molar-refractivity contribution in [1.82, 2.24) is 15.0 Å². The lowest BCUT2D eigenvalue weighted by Crippen LogP contribution is -2.46. The molecule has 1 aromatic rings. The van der Waals surface area contributed by atoms with E-state index in [0.29, 0.717) is 5.91 Å². The van der Waals surface area contributed by atoms with Gasteiger partial charge in [-0.2, -0.15) is 0 Å². The molecule has 1 aromatic heterocycles. The third-order valence-electron chi connectivity index (χ3n) is 4.58. The minimum absolute atomic E-state index is 0.167. The fraction of sp³-hybridized carbons (Fsp3) is 0.750. The van der Waals surface area contributed by atoms with Crippen LogP contribution in [0.15, 0.2) is 10.6 Å². The van der Waals surface area contributed by atoms with Gasteiger partial charge in [0.2, 0.25) is 5.91 Å². The van der Waals surface area contributed by atoms with Gasteiger partial charge in [-0.25, -0.2) is 0 Å². The predicted molar refractivity (Wildman–Crippen MR) is 79.7 cm³/mol. The van der Waals surface area contributed by atoms with Crippen LogP contribution in [-0.4, -0.2) is 47.0 Å². The van der Waals surface area contributed by atoms with Gasteiger partial charge < -0.3 is 9.42 Å². The van der Waals surface area contributed by atoms with Crippen LogP contribution in [0.25, 0.3) is 0 Å². The Kier molecular flexibility index (Phi) is 4.58. The number of piperidine rings is 2. The van der Waals surface area contributed by atoms with E-state index in [4.69, 9.17) is 4.52 Å². The van der Waals surface area contributed by atoms with Crippen molar-refractivity contribution in [3.05, 3.63) is 17.5 Å². The van der Waals surface area contributed by atoms with E-state index in [-0.39, 0.29) is 5.92 Å². The van der Waals surface area contributed by atoms with E-state index in [2.05, 4.69) is 15.0 Å². The molecule has 0 spiro atoms. The zero-order valence-electron chi connectivity index (χ0n) is 12.9. The molecule has 1 amide bonds. The van der Waals surface area contributed by atoms with E-state index in [1.807, 2.05) is 13.0 Å². The maximum Gasteiger partial charge on any atom is 0.226 e. The number of carbonyl (C=O) groups is 1. The van der Waals surface area contributed by atoms with Crippen LogP contribution in [0, 0.1) is 12.8 Å². The van der Waals surface area contributed by atoms with Crippen molar-refractivity contribution in [3.63, 3.8) is 0 Å². The molecular weight excluding hydrogens is 266 g/mol. The Bertz CT molecular complexity index is 480. The van der Waals surface area contributed by atoms with Gasteiger partial charge in [0.05, 0.1) is 18.2 Å². The smallest absolute Gasteiger partial charge is 0.226 e. The minimum atomic E-state index is 0.167. The normalized spacial score (nSPS) is 24.2. The molecule has 116 valence electrons. The van der Waals surface area contributed by atoms with E-state index in [9.17, 15) is 4.79 Å². The summed E-state index contributed by atoms with van der Waals surface area (Å²) in [6.45, 7) is 6.52. The third kappa shape index (κ3) is 3.64. The summed E-state index contributed by atoms with van der Waals surface area (Å²) in [6, 6.07) is 1.98. The molecule has 0 N–H and O–H groups in total. The van der Waals surface area contributed by atoms with E-state index >= 15 is 0 Å². The van der Waals surface area contributed by atoms with Crippen molar-refractivity contribution in [3.8, 4) is 0 Å². The van der Waals surface area contributed by atoms with Gasteiger partial charge in [-0.05, 0) is 45.6 Å². The Morgan fingerprint density at radius 2 is 2.10 bits per heavy atom. The molecular formula is C16H25N3O2. The van der Waals surface area contributed by atoms with Gasteiger partial charge in [0, 0.05) is 25.7 Å². The van der Waals surface area contributed by atoms with Crippen LogP contribution in [0.1, 0.15) is 43.6 Å². The van der Waals surface area contributed by atoms with Crippen molar-refractivity contribution in [2.75, 3.05) is 26.2 Å². The van der Waals surface area contributed by atoms with Gasteiger partial charge in [0.1, 0.15) is 0 Å². The fourth-order valence-corrected chi connectivity index (χ4v) is 3.48. The zero-order valence-corrected chi connectivity index (χ0v) is 12.9. The average molecular weight is 291 g/mol. The van der Waals surface area contributed by atoms with Gasteiger partial charge in [0.15, 0.2) is 5.76 Å². The molecule has 21 heavy (non-hydrogen) atoms. The summed E-state index contributed by atoms with van der Waals surface area (Å²) in [7, 11) is 0. The van der Waals surface area contributed by atoms with Crippen molar-refractivity contribution >= 4 is 5.91 Å². The molecule has 0 radical (unpaired) electrons. The largest absolute Gasteiger partial charge is 0.360 e. The number of carbonyl (C=O) groups excluding carboxylic acids is 1. The van der Waals surface area contributed by atoms with Crippen LogP contribution in [0.5, 0.6) is 0 Å². The van der Waals surface area contributed by atoms with Gasteiger partial charge in [-0.1, -0.05) is 5.16 Å². The Hall–Kier alpha value is -1.36. The molecule has 2 fully saturated rings. The number of hydrogen-bond acceptors (Lipinski definition) is 4. The second-order valence-corrected chi connectivity index (χ2v) is 6.39.